The van der Waals surface area contributed by atoms with Gasteiger partial charge < -0.3 is 4.74 Å². The van der Waals surface area contributed by atoms with Gasteiger partial charge >= 0.3 is 0 Å². The molecule has 0 saturated carbocycles. The van der Waals surface area contributed by atoms with Crippen LogP contribution in [0.5, 0.6) is 0 Å². The average Bonchev–Trinajstić information content (AvgIpc) is 2.92. The van der Waals surface area contributed by atoms with Crippen LogP contribution in [0.15, 0.2) is 0 Å². The van der Waals surface area contributed by atoms with Crippen LogP contribution in [-0.4, -0.2) is 28.5 Å². The maximum Gasteiger partial charge on any atom is 0.130 e. The number of rotatable bonds is 5. The van der Waals surface area contributed by atoms with Crippen molar-refractivity contribution in [3.8, 4) is 0 Å². The molecule has 5 nitrogen and oxygen atoms in total. The summed E-state index contributed by atoms with van der Waals surface area (Å²) in [4.78, 5) is 0. The van der Waals surface area contributed by atoms with E-state index in [1.165, 1.54) is 0 Å². The van der Waals surface area contributed by atoms with Gasteiger partial charge in [0.25, 0.3) is 0 Å². The fourth-order valence-electron chi connectivity index (χ4n) is 2.51. The third-order valence-electron chi connectivity index (χ3n) is 3.53. The molecule has 3 N–H and O–H groups in total. The molecule has 0 aliphatic carbocycles. The predicted octanol–water partition coefficient (Wildman–Crippen LogP) is 1.33. The Morgan fingerprint density at radius 2 is 2.44 bits per heavy atom. The average molecular weight is 273 g/mol. The minimum Gasteiger partial charge on any atom is -0.378 e. The highest BCUT2D eigenvalue weighted by atomic mass is 35.5. The lowest BCUT2D eigenvalue weighted by molar-refractivity contribution is 0.0946. The van der Waals surface area contributed by atoms with Gasteiger partial charge in [-0.2, -0.15) is 5.10 Å². The Balaban J connectivity index is 2.00. The highest BCUT2D eigenvalue weighted by Gasteiger charge is 2.22. The predicted molar refractivity (Wildman–Crippen MR) is 71.4 cm³/mol. The van der Waals surface area contributed by atoms with E-state index in [1.807, 2.05) is 14.0 Å². The van der Waals surface area contributed by atoms with Crippen molar-refractivity contribution in [1.29, 1.82) is 0 Å². The molecule has 102 valence electrons. The lowest BCUT2D eigenvalue weighted by atomic mass is 10.0. The molecule has 1 saturated heterocycles. The monoisotopic (exact) mass is 272 g/mol. The van der Waals surface area contributed by atoms with Crippen LogP contribution in [0.1, 0.15) is 30.5 Å². The number of hydrogen-bond donors (Lipinski definition) is 2. The van der Waals surface area contributed by atoms with Crippen molar-refractivity contribution >= 4 is 11.6 Å². The minimum absolute atomic E-state index is 0.175. The van der Waals surface area contributed by atoms with Gasteiger partial charge in [0.05, 0.1) is 11.8 Å². The zero-order chi connectivity index (χ0) is 13.1. The first-order chi connectivity index (χ1) is 8.61. The molecule has 2 atom stereocenters. The van der Waals surface area contributed by atoms with Crippen molar-refractivity contribution < 1.29 is 4.74 Å². The van der Waals surface area contributed by atoms with Gasteiger partial charge in [-0.25, -0.2) is 0 Å². The largest absolute Gasteiger partial charge is 0.378 e. The van der Waals surface area contributed by atoms with Crippen LogP contribution in [0.4, 0.5) is 0 Å². The van der Waals surface area contributed by atoms with Crippen LogP contribution in [0.25, 0.3) is 0 Å². The Labute approximate surface area is 113 Å². The van der Waals surface area contributed by atoms with Crippen molar-refractivity contribution in [2.24, 2.45) is 12.9 Å². The quantitative estimate of drug-likeness (QED) is 0.627. The fraction of sp³-hybridized carbons (Fsp3) is 0.750. The van der Waals surface area contributed by atoms with E-state index in [4.69, 9.17) is 22.2 Å². The van der Waals surface area contributed by atoms with Crippen molar-refractivity contribution in [2.75, 3.05) is 6.61 Å². The molecule has 18 heavy (non-hydrogen) atoms. The van der Waals surface area contributed by atoms with Crippen LogP contribution in [0.3, 0.4) is 0 Å². The third kappa shape index (κ3) is 3.03. The molecule has 0 spiro atoms. The van der Waals surface area contributed by atoms with Gasteiger partial charge in [0.2, 0.25) is 0 Å². The van der Waals surface area contributed by atoms with Crippen molar-refractivity contribution in [2.45, 2.75) is 44.8 Å². The molecule has 1 aromatic heterocycles. The maximum absolute atomic E-state index is 6.23. The molecule has 2 unspecified atom stereocenters. The highest BCUT2D eigenvalue weighted by Crippen LogP contribution is 2.23. The zero-order valence-electron chi connectivity index (χ0n) is 10.9. The van der Waals surface area contributed by atoms with Crippen LogP contribution in [0.2, 0.25) is 5.15 Å². The van der Waals surface area contributed by atoms with Crippen LogP contribution >= 0.6 is 11.6 Å². The zero-order valence-corrected chi connectivity index (χ0v) is 11.7. The van der Waals surface area contributed by atoms with Gasteiger partial charge in [0.1, 0.15) is 5.15 Å². The van der Waals surface area contributed by atoms with E-state index >= 15 is 0 Å². The minimum atomic E-state index is 0.175. The fourth-order valence-corrected chi connectivity index (χ4v) is 2.76. The summed E-state index contributed by atoms with van der Waals surface area (Å²) in [7, 11) is 1.85. The number of nitrogens with zero attached hydrogens (tertiary/aromatic N) is 2. The summed E-state index contributed by atoms with van der Waals surface area (Å²) >= 11 is 6.23. The molecule has 2 rings (SSSR count). The van der Waals surface area contributed by atoms with Crippen LogP contribution < -0.4 is 11.3 Å². The first-order valence-electron chi connectivity index (χ1n) is 6.37. The van der Waals surface area contributed by atoms with E-state index < -0.39 is 0 Å². The van der Waals surface area contributed by atoms with Crippen LogP contribution in [0, 0.1) is 6.92 Å². The summed E-state index contributed by atoms with van der Waals surface area (Å²) in [6.07, 6.45) is 4.30. The number of nitrogens with two attached hydrogens (primary N) is 1. The standard InChI is InChI=1S/C12H21ClN4O/c1-8-11(12(13)17(2)16-8)7-9(15-14)6-10-4-3-5-18-10/h9-10,15H,3-7,14H2,1-2H3. The number of hydrazine groups is 1. The first-order valence-corrected chi connectivity index (χ1v) is 6.75. The normalized spacial score (nSPS) is 21.4. The molecular formula is C12H21ClN4O. The summed E-state index contributed by atoms with van der Waals surface area (Å²) in [5, 5.41) is 5.01. The van der Waals surface area contributed by atoms with Gasteiger partial charge in [-0.05, 0) is 32.6 Å². The van der Waals surface area contributed by atoms with Crippen molar-refractivity contribution in [3.05, 3.63) is 16.4 Å². The summed E-state index contributed by atoms with van der Waals surface area (Å²) in [5.41, 5.74) is 4.90. The van der Waals surface area contributed by atoms with Gasteiger partial charge in [-0.3, -0.25) is 16.0 Å². The van der Waals surface area contributed by atoms with Gasteiger partial charge in [0.15, 0.2) is 0 Å². The number of ether oxygens (including phenoxy) is 1. The molecular weight excluding hydrogens is 252 g/mol. The summed E-state index contributed by atoms with van der Waals surface area (Å²) in [6, 6.07) is 0.175. The molecule has 0 bridgehead atoms. The second-order valence-corrected chi connectivity index (χ2v) is 5.27. The second-order valence-electron chi connectivity index (χ2n) is 4.92. The van der Waals surface area contributed by atoms with Gasteiger partial charge in [-0.1, -0.05) is 11.6 Å². The number of aromatic nitrogens is 2. The van der Waals surface area contributed by atoms with E-state index in [0.29, 0.717) is 11.3 Å². The molecule has 0 radical (unpaired) electrons. The SMILES string of the molecule is Cc1nn(C)c(Cl)c1CC(CC1CCCO1)NN. The van der Waals surface area contributed by atoms with Crippen molar-refractivity contribution in [1.82, 2.24) is 15.2 Å². The molecule has 1 aliphatic heterocycles. The van der Waals surface area contributed by atoms with E-state index in [-0.39, 0.29) is 6.04 Å². The Hall–Kier alpha value is -0.620. The Bertz CT molecular complexity index is 401. The van der Waals surface area contributed by atoms with Crippen LogP contribution in [-0.2, 0) is 18.2 Å². The number of nitrogens with one attached hydrogen (secondary N) is 1. The van der Waals surface area contributed by atoms with E-state index in [2.05, 4.69) is 10.5 Å². The molecule has 0 amide bonds. The number of aryl methyl sites for hydroxylation is 2. The van der Waals surface area contributed by atoms with E-state index in [0.717, 1.165) is 43.5 Å². The Kier molecular flexibility index (Phi) is 4.61. The second kappa shape index (κ2) is 6.02. The summed E-state index contributed by atoms with van der Waals surface area (Å²) in [6.45, 7) is 2.84. The Morgan fingerprint density at radius 3 is 2.94 bits per heavy atom. The Morgan fingerprint density at radius 1 is 1.67 bits per heavy atom. The molecule has 6 heteroatoms. The summed E-state index contributed by atoms with van der Waals surface area (Å²) in [5.74, 6) is 5.63. The molecule has 1 aliphatic rings. The molecule has 1 fully saturated rings. The third-order valence-corrected chi connectivity index (χ3v) is 4.00. The summed E-state index contributed by atoms with van der Waals surface area (Å²) < 4.78 is 7.34. The van der Waals surface area contributed by atoms with E-state index in [9.17, 15) is 0 Å². The molecule has 2 heterocycles. The maximum atomic E-state index is 6.23. The molecule has 1 aromatic rings. The number of halogens is 1. The highest BCUT2D eigenvalue weighted by molar-refractivity contribution is 6.30. The van der Waals surface area contributed by atoms with Gasteiger partial charge in [0, 0.05) is 25.3 Å². The number of hydrogen-bond acceptors (Lipinski definition) is 4. The lowest BCUT2D eigenvalue weighted by Crippen LogP contribution is -2.39. The van der Waals surface area contributed by atoms with Gasteiger partial charge in [-0.15, -0.1) is 0 Å². The van der Waals surface area contributed by atoms with E-state index in [1.54, 1.807) is 4.68 Å². The molecule has 0 aromatic carbocycles. The topological polar surface area (TPSA) is 65.1 Å². The lowest BCUT2D eigenvalue weighted by Gasteiger charge is -2.19. The smallest absolute Gasteiger partial charge is 0.130 e. The first kappa shape index (κ1) is 13.8. The van der Waals surface area contributed by atoms with Crippen molar-refractivity contribution in [3.63, 3.8) is 0 Å².